The maximum Gasteiger partial charge on any atom is 0.264 e. The Morgan fingerprint density at radius 3 is 2.05 bits per heavy atom. The van der Waals surface area contributed by atoms with Gasteiger partial charge in [-0.05, 0) is 75.2 Å². The quantitative estimate of drug-likeness (QED) is 0.291. The van der Waals surface area contributed by atoms with E-state index >= 15 is 0 Å². The highest BCUT2D eigenvalue weighted by Gasteiger charge is 2.34. The van der Waals surface area contributed by atoms with E-state index in [2.05, 4.69) is 5.32 Å². The zero-order valence-corrected chi connectivity index (χ0v) is 25.0. The highest BCUT2D eigenvalue weighted by atomic mass is 35.5. The number of nitrogens with zero attached hydrogens (tertiary/aromatic N) is 2. The lowest BCUT2D eigenvalue weighted by Gasteiger charge is -2.33. The van der Waals surface area contributed by atoms with Crippen LogP contribution in [0.25, 0.3) is 0 Å². The van der Waals surface area contributed by atoms with E-state index in [0.29, 0.717) is 5.56 Å². The fourth-order valence-electron chi connectivity index (χ4n) is 4.14. The summed E-state index contributed by atoms with van der Waals surface area (Å²) >= 11 is 12.4. The smallest absolute Gasteiger partial charge is 0.264 e. The van der Waals surface area contributed by atoms with Crippen LogP contribution in [0.2, 0.25) is 10.0 Å². The van der Waals surface area contributed by atoms with Crippen molar-refractivity contribution < 1.29 is 22.4 Å². The summed E-state index contributed by atoms with van der Waals surface area (Å²) < 4.78 is 42.3. The maximum atomic E-state index is 14.0. The average Bonchev–Trinajstić information content (AvgIpc) is 2.87. The van der Waals surface area contributed by atoms with Crippen molar-refractivity contribution >= 4 is 50.7 Å². The van der Waals surface area contributed by atoms with Gasteiger partial charge in [-0.3, -0.25) is 13.9 Å². The lowest BCUT2D eigenvalue weighted by Crippen LogP contribution is -2.53. The lowest BCUT2D eigenvalue weighted by molar-refractivity contribution is -0.140. The zero-order chi connectivity index (χ0) is 29.6. The second-order valence-corrected chi connectivity index (χ2v) is 12.4. The molecule has 3 aromatic carbocycles. The SMILES string of the molecule is CC[C@@H](C(=O)NC(C)C)N(Cc1ccc(F)cc1)C(=O)CN(c1cc(Cl)cc(Cl)c1)S(=O)(=O)c1ccc(C)cc1. The molecule has 0 aliphatic rings. The third-order valence-corrected chi connectivity index (χ3v) is 8.33. The predicted octanol–water partition coefficient (Wildman–Crippen LogP) is 5.97. The van der Waals surface area contributed by atoms with Crippen molar-refractivity contribution in [1.29, 1.82) is 0 Å². The number of aryl methyl sites for hydroxylation is 1. The highest BCUT2D eigenvalue weighted by molar-refractivity contribution is 7.92. The Kier molecular flexibility index (Phi) is 10.6. The maximum absolute atomic E-state index is 14.0. The third-order valence-electron chi connectivity index (χ3n) is 6.11. The molecule has 0 saturated heterocycles. The van der Waals surface area contributed by atoms with E-state index in [-0.39, 0.29) is 45.5 Å². The molecule has 0 saturated carbocycles. The second kappa shape index (κ2) is 13.5. The molecule has 0 unspecified atom stereocenters. The average molecular weight is 609 g/mol. The van der Waals surface area contributed by atoms with Gasteiger partial charge in [0, 0.05) is 22.6 Å². The van der Waals surface area contributed by atoms with Gasteiger partial charge in [-0.25, -0.2) is 12.8 Å². The van der Waals surface area contributed by atoms with Gasteiger partial charge in [0.15, 0.2) is 0 Å². The van der Waals surface area contributed by atoms with Crippen LogP contribution in [0.5, 0.6) is 0 Å². The van der Waals surface area contributed by atoms with Crippen molar-refractivity contribution in [2.45, 2.75) is 57.6 Å². The number of carbonyl (C=O) groups excluding carboxylic acids is 2. The molecular weight excluding hydrogens is 576 g/mol. The lowest BCUT2D eigenvalue weighted by atomic mass is 10.1. The molecule has 0 aliphatic heterocycles. The monoisotopic (exact) mass is 607 g/mol. The van der Waals surface area contributed by atoms with Crippen molar-refractivity contribution in [2.75, 3.05) is 10.8 Å². The van der Waals surface area contributed by atoms with E-state index in [4.69, 9.17) is 23.2 Å². The minimum absolute atomic E-state index is 0.0309. The summed E-state index contributed by atoms with van der Waals surface area (Å²) in [4.78, 5) is 28.4. The Morgan fingerprint density at radius 2 is 1.52 bits per heavy atom. The molecule has 40 heavy (non-hydrogen) atoms. The number of carbonyl (C=O) groups is 2. The van der Waals surface area contributed by atoms with E-state index in [0.717, 1.165) is 9.87 Å². The number of rotatable bonds is 11. The Balaban J connectivity index is 2.09. The fraction of sp³-hybridized carbons (Fsp3) is 0.310. The molecule has 1 N–H and O–H groups in total. The molecule has 1 atom stereocenters. The molecule has 214 valence electrons. The molecule has 0 aromatic heterocycles. The summed E-state index contributed by atoms with van der Waals surface area (Å²) in [5.74, 6) is -1.46. The fourth-order valence-corrected chi connectivity index (χ4v) is 6.05. The Bertz CT molecular complexity index is 1430. The molecule has 0 aliphatic carbocycles. The third kappa shape index (κ3) is 7.96. The summed E-state index contributed by atoms with van der Waals surface area (Å²) in [5.41, 5.74) is 1.52. The van der Waals surface area contributed by atoms with Gasteiger partial charge >= 0.3 is 0 Å². The first-order chi connectivity index (χ1) is 18.8. The van der Waals surface area contributed by atoms with Crippen molar-refractivity contribution in [3.8, 4) is 0 Å². The molecule has 0 bridgehead atoms. The number of benzene rings is 3. The van der Waals surface area contributed by atoms with Gasteiger partial charge in [0.2, 0.25) is 11.8 Å². The molecular formula is C29H32Cl2FN3O4S. The van der Waals surface area contributed by atoms with E-state index < -0.39 is 34.3 Å². The van der Waals surface area contributed by atoms with Gasteiger partial charge in [-0.15, -0.1) is 0 Å². The molecule has 7 nitrogen and oxygen atoms in total. The largest absolute Gasteiger partial charge is 0.352 e. The summed E-state index contributed by atoms with van der Waals surface area (Å²) in [7, 11) is -4.26. The number of anilines is 1. The second-order valence-electron chi connectivity index (χ2n) is 9.69. The minimum Gasteiger partial charge on any atom is -0.352 e. The van der Waals surface area contributed by atoms with Crippen molar-refractivity contribution in [3.63, 3.8) is 0 Å². The van der Waals surface area contributed by atoms with Gasteiger partial charge in [0.05, 0.1) is 10.6 Å². The Morgan fingerprint density at radius 1 is 0.950 bits per heavy atom. The number of hydrogen-bond donors (Lipinski definition) is 1. The predicted molar refractivity (Wildman–Crippen MR) is 156 cm³/mol. The standard InChI is InChI=1S/C29H32Cl2FN3O4S/c1-5-27(29(37)33-19(2)3)34(17-21-8-10-24(32)11-9-21)28(36)18-35(25-15-22(30)14-23(31)16-25)40(38,39)26-12-6-20(4)7-13-26/h6-16,19,27H,5,17-18H2,1-4H3,(H,33,37)/t27-/m0/s1. The molecule has 3 rings (SSSR count). The molecule has 2 amide bonds. The first-order valence-electron chi connectivity index (χ1n) is 12.7. The molecule has 0 heterocycles. The Labute approximate surface area is 244 Å². The van der Waals surface area contributed by atoms with Gasteiger partial charge in [0.25, 0.3) is 10.0 Å². The van der Waals surface area contributed by atoms with Crippen LogP contribution in [-0.4, -0.2) is 43.8 Å². The number of hydrogen-bond acceptors (Lipinski definition) is 4. The molecule has 0 spiro atoms. The van der Waals surface area contributed by atoms with E-state index in [9.17, 15) is 22.4 Å². The Hall–Kier alpha value is -3.14. The summed E-state index contributed by atoms with van der Waals surface area (Å²) in [6, 6.07) is 14.9. The van der Waals surface area contributed by atoms with Crippen LogP contribution in [-0.2, 0) is 26.2 Å². The molecule has 0 fully saturated rings. The first-order valence-corrected chi connectivity index (χ1v) is 14.9. The summed E-state index contributed by atoms with van der Waals surface area (Å²) in [6.45, 7) is 6.50. The van der Waals surface area contributed by atoms with Crippen molar-refractivity contribution in [2.24, 2.45) is 0 Å². The van der Waals surface area contributed by atoms with Gasteiger partial charge in [-0.2, -0.15) is 0 Å². The van der Waals surface area contributed by atoms with Crippen molar-refractivity contribution in [1.82, 2.24) is 10.2 Å². The van der Waals surface area contributed by atoms with Crippen LogP contribution in [0.4, 0.5) is 10.1 Å². The van der Waals surface area contributed by atoms with Crippen LogP contribution in [0, 0.1) is 12.7 Å². The van der Waals surface area contributed by atoms with E-state index in [1.165, 1.54) is 59.5 Å². The number of sulfonamides is 1. The zero-order valence-electron chi connectivity index (χ0n) is 22.7. The minimum atomic E-state index is -4.26. The van der Waals surface area contributed by atoms with Crippen molar-refractivity contribution in [3.05, 3.63) is 93.7 Å². The summed E-state index contributed by atoms with van der Waals surface area (Å²) in [5, 5.41) is 3.20. The highest BCUT2D eigenvalue weighted by Crippen LogP contribution is 2.30. The number of amides is 2. The van der Waals surface area contributed by atoms with Crippen LogP contribution in [0.1, 0.15) is 38.3 Å². The van der Waals surface area contributed by atoms with Gasteiger partial charge in [-0.1, -0.05) is 60.0 Å². The van der Waals surface area contributed by atoms with E-state index in [1.807, 2.05) is 6.92 Å². The van der Waals surface area contributed by atoms with Crippen LogP contribution < -0.4 is 9.62 Å². The van der Waals surface area contributed by atoms with Gasteiger partial charge in [0.1, 0.15) is 18.4 Å². The first kappa shape index (κ1) is 31.4. The molecule has 11 heteroatoms. The normalized spacial score (nSPS) is 12.2. The molecule has 3 aromatic rings. The molecule has 0 radical (unpaired) electrons. The van der Waals surface area contributed by atoms with E-state index in [1.54, 1.807) is 32.9 Å². The summed E-state index contributed by atoms with van der Waals surface area (Å²) in [6.07, 6.45) is 0.263. The number of halogens is 3. The van der Waals surface area contributed by atoms with Crippen LogP contribution >= 0.6 is 23.2 Å². The topological polar surface area (TPSA) is 86.8 Å². The van der Waals surface area contributed by atoms with Gasteiger partial charge < -0.3 is 10.2 Å². The number of nitrogens with one attached hydrogen (secondary N) is 1. The van der Waals surface area contributed by atoms with Crippen LogP contribution in [0.3, 0.4) is 0 Å². The van der Waals surface area contributed by atoms with Crippen LogP contribution in [0.15, 0.2) is 71.6 Å².